The topological polar surface area (TPSA) is 46.9 Å². The first-order chi connectivity index (χ1) is 14.0. The summed E-state index contributed by atoms with van der Waals surface area (Å²) in [7, 11) is 0. The smallest absolute Gasteiger partial charge is 0.257 e. The standard InChI is InChI=1S/C23H23ClFN3O/c1-16-20(21(24)28(27-16)15-17-7-3-2-4-8-17)22(29)26-23(13-5-6-14-23)18-9-11-19(25)12-10-18/h2-4,7-12H,5-6,13-15H2,1H3,(H,26,29). The number of nitrogens with zero attached hydrogens (tertiary/aromatic N) is 2. The molecule has 0 spiro atoms. The van der Waals surface area contributed by atoms with Crippen molar-refractivity contribution in [3.05, 3.63) is 88.0 Å². The van der Waals surface area contributed by atoms with E-state index in [-0.39, 0.29) is 11.7 Å². The highest BCUT2D eigenvalue weighted by atomic mass is 35.5. The molecule has 0 atom stereocenters. The first-order valence-corrected chi connectivity index (χ1v) is 10.2. The number of rotatable bonds is 5. The Morgan fingerprint density at radius 1 is 1.14 bits per heavy atom. The molecule has 1 aliphatic rings. The summed E-state index contributed by atoms with van der Waals surface area (Å²) >= 11 is 6.56. The van der Waals surface area contributed by atoms with Crippen LogP contribution in [0.15, 0.2) is 54.6 Å². The first-order valence-electron chi connectivity index (χ1n) is 9.84. The highest BCUT2D eigenvalue weighted by molar-refractivity contribution is 6.33. The molecule has 1 aliphatic carbocycles. The number of hydrogen-bond acceptors (Lipinski definition) is 2. The van der Waals surface area contributed by atoms with Crippen LogP contribution in [0, 0.1) is 12.7 Å². The van der Waals surface area contributed by atoms with Gasteiger partial charge in [-0.3, -0.25) is 4.79 Å². The van der Waals surface area contributed by atoms with E-state index in [2.05, 4.69) is 10.4 Å². The molecular formula is C23H23ClFN3O. The molecule has 0 aliphatic heterocycles. The number of benzene rings is 2. The van der Waals surface area contributed by atoms with Crippen LogP contribution in [0.3, 0.4) is 0 Å². The van der Waals surface area contributed by atoms with E-state index >= 15 is 0 Å². The maximum absolute atomic E-state index is 13.4. The van der Waals surface area contributed by atoms with Gasteiger partial charge in [0, 0.05) is 0 Å². The average molecular weight is 412 g/mol. The SMILES string of the molecule is Cc1nn(Cc2ccccc2)c(Cl)c1C(=O)NC1(c2ccc(F)cc2)CCCC1. The molecule has 4 rings (SSSR count). The zero-order chi connectivity index (χ0) is 20.4. The molecule has 0 radical (unpaired) electrons. The minimum absolute atomic E-state index is 0.238. The van der Waals surface area contributed by atoms with Crippen LogP contribution in [-0.2, 0) is 12.1 Å². The number of carbonyl (C=O) groups is 1. The Labute approximate surface area is 174 Å². The largest absolute Gasteiger partial charge is 0.342 e. The van der Waals surface area contributed by atoms with Gasteiger partial charge in [0.05, 0.1) is 23.3 Å². The molecule has 1 heterocycles. The van der Waals surface area contributed by atoms with Crippen LogP contribution >= 0.6 is 11.6 Å². The Hall–Kier alpha value is -2.66. The second-order valence-electron chi connectivity index (χ2n) is 7.64. The highest BCUT2D eigenvalue weighted by Gasteiger charge is 2.38. The van der Waals surface area contributed by atoms with Gasteiger partial charge in [-0.15, -0.1) is 0 Å². The van der Waals surface area contributed by atoms with Gasteiger partial charge in [-0.05, 0) is 43.0 Å². The van der Waals surface area contributed by atoms with Crippen LogP contribution < -0.4 is 5.32 Å². The number of carbonyl (C=O) groups excluding carboxylic acids is 1. The summed E-state index contributed by atoms with van der Waals surface area (Å²) in [5.74, 6) is -0.521. The van der Waals surface area contributed by atoms with Crippen LogP contribution in [0.25, 0.3) is 0 Å². The zero-order valence-electron chi connectivity index (χ0n) is 16.3. The molecule has 1 aromatic heterocycles. The van der Waals surface area contributed by atoms with Crippen LogP contribution in [-0.4, -0.2) is 15.7 Å². The van der Waals surface area contributed by atoms with E-state index in [1.807, 2.05) is 30.3 Å². The van der Waals surface area contributed by atoms with Crippen LogP contribution in [0.1, 0.15) is 52.9 Å². The van der Waals surface area contributed by atoms with E-state index in [1.54, 1.807) is 23.7 Å². The molecule has 4 nitrogen and oxygen atoms in total. The Morgan fingerprint density at radius 2 is 1.79 bits per heavy atom. The molecule has 0 saturated heterocycles. The summed E-state index contributed by atoms with van der Waals surface area (Å²) in [5.41, 5.74) is 2.48. The molecule has 0 bridgehead atoms. The number of nitrogens with one attached hydrogen (secondary N) is 1. The molecule has 29 heavy (non-hydrogen) atoms. The normalized spacial score (nSPS) is 15.4. The minimum atomic E-state index is -0.498. The molecule has 1 amide bonds. The van der Waals surface area contributed by atoms with Crippen molar-refractivity contribution in [3.8, 4) is 0 Å². The van der Waals surface area contributed by atoms with Crippen molar-refractivity contribution < 1.29 is 9.18 Å². The molecule has 1 fully saturated rings. The van der Waals surface area contributed by atoms with Crippen molar-refractivity contribution in [1.82, 2.24) is 15.1 Å². The lowest BCUT2D eigenvalue weighted by Gasteiger charge is -2.31. The second-order valence-corrected chi connectivity index (χ2v) is 8.00. The van der Waals surface area contributed by atoms with Crippen LogP contribution in [0.5, 0.6) is 0 Å². The third-order valence-corrected chi connectivity index (χ3v) is 6.06. The molecule has 6 heteroatoms. The fourth-order valence-electron chi connectivity index (χ4n) is 4.19. The van der Waals surface area contributed by atoms with Gasteiger partial charge in [-0.2, -0.15) is 5.10 Å². The Balaban J connectivity index is 1.61. The maximum atomic E-state index is 13.4. The van der Waals surface area contributed by atoms with Crippen molar-refractivity contribution in [2.24, 2.45) is 0 Å². The number of amides is 1. The van der Waals surface area contributed by atoms with Gasteiger partial charge < -0.3 is 5.32 Å². The summed E-state index contributed by atoms with van der Waals surface area (Å²) in [6, 6.07) is 16.3. The minimum Gasteiger partial charge on any atom is -0.342 e. The zero-order valence-corrected chi connectivity index (χ0v) is 17.0. The van der Waals surface area contributed by atoms with Crippen LogP contribution in [0.2, 0.25) is 5.15 Å². The van der Waals surface area contributed by atoms with E-state index in [0.29, 0.717) is 23.0 Å². The Morgan fingerprint density at radius 3 is 2.45 bits per heavy atom. The van der Waals surface area contributed by atoms with Gasteiger partial charge in [0.2, 0.25) is 0 Å². The van der Waals surface area contributed by atoms with Gasteiger partial charge in [-0.25, -0.2) is 9.07 Å². The van der Waals surface area contributed by atoms with Gasteiger partial charge in [-0.1, -0.05) is 66.9 Å². The average Bonchev–Trinajstić information content (AvgIpc) is 3.28. The van der Waals surface area contributed by atoms with Crippen molar-refractivity contribution in [1.29, 1.82) is 0 Å². The molecule has 150 valence electrons. The summed E-state index contributed by atoms with van der Waals surface area (Å²) in [4.78, 5) is 13.2. The first kappa shape index (κ1) is 19.6. The number of aryl methyl sites for hydroxylation is 1. The molecule has 0 unspecified atom stereocenters. The lowest BCUT2D eigenvalue weighted by atomic mass is 9.87. The molecule has 1 N–H and O–H groups in total. The molecule has 3 aromatic rings. The van der Waals surface area contributed by atoms with Crippen LogP contribution in [0.4, 0.5) is 4.39 Å². The summed E-state index contributed by atoms with van der Waals surface area (Å²) in [6.45, 7) is 2.29. The summed E-state index contributed by atoms with van der Waals surface area (Å²) in [5, 5.41) is 8.02. The fraction of sp³-hybridized carbons (Fsp3) is 0.304. The van der Waals surface area contributed by atoms with Crippen molar-refractivity contribution >= 4 is 17.5 Å². The predicted molar refractivity (Wildman–Crippen MR) is 112 cm³/mol. The molecule has 1 saturated carbocycles. The van der Waals surface area contributed by atoms with E-state index in [1.165, 1.54) is 12.1 Å². The third kappa shape index (κ3) is 3.92. The monoisotopic (exact) mass is 411 g/mol. The van der Waals surface area contributed by atoms with E-state index in [4.69, 9.17) is 11.6 Å². The highest BCUT2D eigenvalue weighted by Crippen LogP contribution is 2.39. The van der Waals surface area contributed by atoms with E-state index in [9.17, 15) is 9.18 Å². The van der Waals surface area contributed by atoms with Crippen molar-refractivity contribution in [2.75, 3.05) is 0 Å². The van der Waals surface area contributed by atoms with E-state index in [0.717, 1.165) is 36.8 Å². The molecule has 2 aromatic carbocycles. The summed E-state index contributed by atoms with van der Waals surface area (Å²) in [6.07, 6.45) is 3.66. The van der Waals surface area contributed by atoms with Gasteiger partial charge in [0.25, 0.3) is 5.91 Å². The third-order valence-electron chi connectivity index (χ3n) is 5.67. The maximum Gasteiger partial charge on any atom is 0.257 e. The second kappa shape index (κ2) is 7.99. The quantitative estimate of drug-likeness (QED) is 0.624. The summed E-state index contributed by atoms with van der Waals surface area (Å²) < 4.78 is 15.1. The number of halogens is 2. The van der Waals surface area contributed by atoms with Crippen molar-refractivity contribution in [2.45, 2.75) is 44.7 Å². The van der Waals surface area contributed by atoms with Crippen molar-refractivity contribution in [3.63, 3.8) is 0 Å². The van der Waals surface area contributed by atoms with Gasteiger partial charge >= 0.3 is 0 Å². The number of aromatic nitrogens is 2. The predicted octanol–water partition coefficient (Wildman–Crippen LogP) is 5.23. The van der Waals surface area contributed by atoms with Gasteiger partial charge in [0.15, 0.2) is 0 Å². The molecular weight excluding hydrogens is 389 g/mol. The lowest BCUT2D eigenvalue weighted by molar-refractivity contribution is 0.0897. The van der Waals surface area contributed by atoms with E-state index < -0.39 is 5.54 Å². The Kier molecular flexibility index (Phi) is 5.41. The fourth-order valence-corrected chi connectivity index (χ4v) is 4.51. The number of hydrogen-bond donors (Lipinski definition) is 1. The lowest BCUT2D eigenvalue weighted by Crippen LogP contribution is -2.44. The van der Waals surface area contributed by atoms with Gasteiger partial charge in [0.1, 0.15) is 11.0 Å². The Bertz CT molecular complexity index is 1010.